The van der Waals surface area contributed by atoms with Crippen LogP contribution in [0.5, 0.6) is 0 Å². The van der Waals surface area contributed by atoms with Gasteiger partial charge in [-0.15, -0.1) is 11.3 Å². The van der Waals surface area contributed by atoms with Crippen molar-refractivity contribution >= 4 is 27.3 Å². The standard InChI is InChI=1S/C18H29N3O3S2/c1-15(20-10-2-3-11-20)8-9-19-18(22)16-6-4-12-21(14-16)26(23,24)17-7-5-13-25-17/h5,7,13,15-16H,2-4,6,8-12,14H2,1H3,(H,19,22)/t15-,16-/m1/s1. The molecule has 26 heavy (non-hydrogen) atoms. The fraction of sp³-hybridized carbons (Fsp3) is 0.722. The van der Waals surface area contributed by atoms with Gasteiger partial charge in [-0.1, -0.05) is 6.07 Å². The molecular weight excluding hydrogens is 370 g/mol. The van der Waals surface area contributed by atoms with Gasteiger partial charge in [0.15, 0.2) is 0 Å². The van der Waals surface area contributed by atoms with E-state index in [0.29, 0.717) is 23.3 Å². The highest BCUT2D eigenvalue weighted by atomic mass is 32.2. The van der Waals surface area contributed by atoms with E-state index >= 15 is 0 Å². The molecule has 0 spiro atoms. The lowest BCUT2D eigenvalue weighted by atomic mass is 9.99. The van der Waals surface area contributed by atoms with Crippen molar-refractivity contribution in [2.45, 2.75) is 49.3 Å². The van der Waals surface area contributed by atoms with Crippen molar-refractivity contribution in [2.75, 3.05) is 32.7 Å². The first-order chi connectivity index (χ1) is 12.5. The molecule has 1 aromatic heterocycles. The molecule has 2 atom stereocenters. The molecule has 2 aliphatic heterocycles. The summed E-state index contributed by atoms with van der Waals surface area (Å²) in [7, 11) is -3.46. The van der Waals surface area contributed by atoms with E-state index in [9.17, 15) is 13.2 Å². The third-order valence-corrected chi connectivity index (χ3v) is 8.71. The molecule has 0 unspecified atom stereocenters. The topological polar surface area (TPSA) is 69.7 Å². The summed E-state index contributed by atoms with van der Waals surface area (Å²) in [4.78, 5) is 15.0. The minimum atomic E-state index is -3.46. The van der Waals surface area contributed by atoms with Crippen molar-refractivity contribution in [3.63, 3.8) is 0 Å². The maximum absolute atomic E-state index is 12.7. The molecule has 1 aromatic rings. The summed E-state index contributed by atoms with van der Waals surface area (Å²) in [5.74, 6) is -0.259. The maximum atomic E-state index is 12.7. The normalized spacial score (nSPS) is 23.8. The average Bonchev–Trinajstić information content (AvgIpc) is 3.35. The van der Waals surface area contributed by atoms with Crippen molar-refractivity contribution in [1.29, 1.82) is 0 Å². The van der Waals surface area contributed by atoms with Crippen LogP contribution < -0.4 is 5.32 Å². The Labute approximate surface area is 160 Å². The van der Waals surface area contributed by atoms with E-state index in [-0.39, 0.29) is 18.4 Å². The summed E-state index contributed by atoms with van der Waals surface area (Å²) in [6.07, 6.45) is 4.97. The average molecular weight is 400 g/mol. The number of piperidine rings is 1. The van der Waals surface area contributed by atoms with Crippen LogP contribution in [0, 0.1) is 5.92 Å². The third kappa shape index (κ3) is 4.65. The number of amides is 1. The highest BCUT2D eigenvalue weighted by Gasteiger charge is 2.33. The number of likely N-dealkylation sites (tertiary alicyclic amines) is 1. The highest BCUT2D eigenvalue weighted by molar-refractivity contribution is 7.91. The molecule has 3 rings (SSSR count). The zero-order chi connectivity index (χ0) is 18.6. The number of carbonyl (C=O) groups excluding carboxylic acids is 1. The van der Waals surface area contributed by atoms with E-state index in [2.05, 4.69) is 17.1 Å². The van der Waals surface area contributed by atoms with Crippen LogP contribution in [-0.2, 0) is 14.8 Å². The summed E-state index contributed by atoms with van der Waals surface area (Å²) < 4.78 is 27.2. The molecule has 0 radical (unpaired) electrons. The van der Waals surface area contributed by atoms with Crippen molar-refractivity contribution in [3.05, 3.63) is 17.5 Å². The van der Waals surface area contributed by atoms with Gasteiger partial charge in [0.05, 0.1) is 5.92 Å². The van der Waals surface area contributed by atoms with Crippen LogP contribution >= 0.6 is 11.3 Å². The van der Waals surface area contributed by atoms with E-state index < -0.39 is 10.0 Å². The molecule has 0 aliphatic carbocycles. The van der Waals surface area contributed by atoms with Crippen LogP contribution in [-0.4, -0.2) is 62.3 Å². The first-order valence-corrected chi connectivity index (χ1v) is 11.9. The number of sulfonamides is 1. The predicted octanol–water partition coefficient (Wildman–Crippen LogP) is 2.14. The molecule has 1 amide bonds. The summed E-state index contributed by atoms with van der Waals surface area (Å²) in [6, 6.07) is 3.86. The zero-order valence-electron chi connectivity index (χ0n) is 15.4. The molecule has 0 bridgehead atoms. The van der Waals surface area contributed by atoms with Gasteiger partial charge in [-0.2, -0.15) is 4.31 Å². The Hall–Kier alpha value is -0.960. The fourth-order valence-corrected chi connectivity index (χ4v) is 6.49. The first kappa shape index (κ1) is 19.8. The molecule has 3 heterocycles. The lowest BCUT2D eigenvalue weighted by Gasteiger charge is -2.31. The monoisotopic (exact) mass is 399 g/mol. The Morgan fingerprint density at radius 2 is 2.08 bits per heavy atom. The number of nitrogens with zero attached hydrogens (tertiary/aromatic N) is 2. The molecule has 2 saturated heterocycles. The Kier molecular flexibility index (Phi) is 6.71. The van der Waals surface area contributed by atoms with Crippen LogP contribution in [0.2, 0.25) is 0 Å². The van der Waals surface area contributed by atoms with Crippen molar-refractivity contribution < 1.29 is 13.2 Å². The summed E-state index contributed by atoms with van der Waals surface area (Å²) in [5, 5.41) is 4.80. The van der Waals surface area contributed by atoms with Crippen LogP contribution in [0.4, 0.5) is 0 Å². The number of carbonyl (C=O) groups is 1. The maximum Gasteiger partial charge on any atom is 0.252 e. The Morgan fingerprint density at radius 1 is 1.31 bits per heavy atom. The molecule has 8 heteroatoms. The molecule has 146 valence electrons. The van der Waals surface area contributed by atoms with Crippen molar-refractivity contribution in [2.24, 2.45) is 5.92 Å². The van der Waals surface area contributed by atoms with E-state index in [1.165, 1.54) is 28.5 Å². The van der Waals surface area contributed by atoms with Crippen LogP contribution in [0.1, 0.15) is 39.0 Å². The van der Waals surface area contributed by atoms with E-state index in [1.54, 1.807) is 17.5 Å². The smallest absolute Gasteiger partial charge is 0.252 e. The Morgan fingerprint density at radius 3 is 2.77 bits per heavy atom. The van der Waals surface area contributed by atoms with Gasteiger partial charge in [0.1, 0.15) is 4.21 Å². The molecule has 2 fully saturated rings. The lowest BCUT2D eigenvalue weighted by molar-refractivity contribution is -0.126. The number of hydrogen-bond donors (Lipinski definition) is 1. The van der Waals surface area contributed by atoms with Gasteiger partial charge in [-0.05, 0) is 63.6 Å². The second kappa shape index (κ2) is 8.82. The van der Waals surface area contributed by atoms with Crippen molar-refractivity contribution in [1.82, 2.24) is 14.5 Å². The number of hydrogen-bond acceptors (Lipinski definition) is 5. The quantitative estimate of drug-likeness (QED) is 0.763. The Balaban J connectivity index is 1.48. The zero-order valence-corrected chi connectivity index (χ0v) is 17.0. The van der Waals surface area contributed by atoms with Gasteiger partial charge < -0.3 is 10.2 Å². The second-order valence-corrected chi connectivity index (χ2v) is 10.4. The van der Waals surface area contributed by atoms with E-state index in [4.69, 9.17) is 0 Å². The van der Waals surface area contributed by atoms with Gasteiger partial charge >= 0.3 is 0 Å². The largest absolute Gasteiger partial charge is 0.356 e. The summed E-state index contributed by atoms with van der Waals surface area (Å²) >= 11 is 1.23. The number of thiophene rings is 1. The Bertz CT molecular complexity index is 685. The number of rotatable bonds is 7. The van der Waals surface area contributed by atoms with Crippen LogP contribution in [0.15, 0.2) is 21.7 Å². The molecular formula is C18H29N3O3S2. The number of nitrogens with one attached hydrogen (secondary N) is 1. The molecule has 1 N–H and O–H groups in total. The van der Waals surface area contributed by atoms with Gasteiger partial charge in [-0.25, -0.2) is 8.42 Å². The SMILES string of the molecule is C[C@H](CCNC(=O)[C@@H]1CCCN(S(=O)(=O)c2cccs2)C1)N1CCCC1. The van der Waals surface area contributed by atoms with Gasteiger partial charge in [0, 0.05) is 25.7 Å². The molecule has 0 aromatic carbocycles. The fourth-order valence-electron chi connectivity index (χ4n) is 3.83. The lowest BCUT2D eigenvalue weighted by Crippen LogP contribution is -2.45. The first-order valence-electron chi connectivity index (χ1n) is 9.54. The van der Waals surface area contributed by atoms with Crippen LogP contribution in [0.3, 0.4) is 0 Å². The van der Waals surface area contributed by atoms with Gasteiger partial charge in [-0.3, -0.25) is 4.79 Å². The van der Waals surface area contributed by atoms with Crippen molar-refractivity contribution in [3.8, 4) is 0 Å². The molecule has 2 aliphatic rings. The van der Waals surface area contributed by atoms with Gasteiger partial charge in [0.25, 0.3) is 10.0 Å². The minimum absolute atomic E-state index is 0.00954. The minimum Gasteiger partial charge on any atom is -0.356 e. The molecule has 6 nitrogen and oxygen atoms in total. The highest BCUT2D eigenvalue weighted by Crippen LogP contribution is 2.26. The summed E-state index contributed by atoms with van der Waals surface area (Å²) in [5.41, 5.74) is 0. The van der Waals surface area contributed by atoms with Gasteiger partial charge in [0.2, 0.25) is 5.91 Å². The van der Waals surface area contributed by atoms with E-state index in [1.807, 2.05) is 0 Å². The second-order valence-electron chi connectivity index (χ2n) is 7.31. The third-order valence-electron chi connectivity index (χ3n) is 5.47. The predicted molar refractivity (Wildman–Crippen MR) is 104 cm³/mol. The summed E-state index contributed by atoms with van der Waals surface area (Å²) in [6.45, 7) is 5.97. The van der Waals surface area contributed by atoms with E-state index in [0.717, 1.165) is 32.4 Å². The van der Waals surface area contributed by atoms with Crippen LogP contribution in [0.25, 0.3) is 0 Å². The molecule has 0 saturated carbocycles.